The molecule has 1 unspecified atom stereocenters. The number of aliphatic hydroxyl groups is 1. The molecule has 1 heterocycles. The topological polar surface area (TPSA) is 54.4 Å². The normalized spacial score (nSPS) is 12.2. The number of anilines is 1. The minimum absolute atomic E-state index is 0.148. The predicted molar refractivity (Wildman–Crippen MR) is 84.6 cm³/mol. The van der Waals surface area contributed by atoms with E-state index in [2.05, 4.69) is 10.3 Å². The van der Waals surface area contributed by atoms with Crippen LogP contribution in [0.25, 0.3) is 0 Å². The third-order valence-electron chi connectivity index (χ3n) is 3.00. The lowest BCUT2D eigenvalue weighted by molar-refractivity contribution is 0.191. The maximum absolute atomic E-state index is 10.2. The average Bonchev–Trinajstić information content (AvgIpc) is 2.45. The minimum atomic E-state index is -0.583. The molecule has 1 atom stereocenters. The molecule has 21 heavy (non-hydrogen) atoms. The summed E-state index contributed by atoms with van der Waals surface area (Å²) in [7, 11) is 0. The Kier molecular flexibility index (Phi) is 5.17. The summed E-state index contributed by atoms with van der Waals surface area (Å²) in [6.07, 6.45) is -0.435. The zero-order valence-corrected chi connectivity index (χ0v) is 12.7. The molecule has 2 N–H and O–H groups in total. The standard InChI is InChI=1S/C17H22N2O2/c1-12(2)21-15-9-7-14(8-10-15)16(20)11-18-17-6-4-5-13(3)19-17/h4-10,12,16,20H,11H2,1-3H3,(H,18,19). The van der Waals surface area contributed by atoms with Gasteiger partial charge in [0.15, 0.2) is 0 Å². The van der Waals surface area contributed by atoms with Crippen molar-refractivity contribution < 1.29 is 9.84 Å². The fraction of sp³-hybridized carbons (Fsp3) is 0.353. The van der Waals surface area contributed by atoms with Crippen LogP contribution >= 0.6 is 0 Å². The summed E-state index contributed by atoms with van der Waals surface area (Å²) in [6.45, 7) is 6.33. The SMILES string of the molecule is Cc1cccc(NCC(O)c2ccc(OC(C)C)cc2)n1. The summed E-state index contributed by atoms with van der Waals surface area (Å²) >= 11 is 0. The second kappa shape index (κ2) is 7.09. The van der Waals surface area contributed by atoms with Crippen LogP contribution in [0.15, 0.2) is 42.5 Å². The monoisotopic (exact) mass is 286 g/mol. The summed E-state index contributed by atoms with van der Waals surface area (Å²) in [4.78, 5) is 4.34. The van der Waals surface area contributed by atoms with Gasteiger partial charge in [-0.25, -0.2) is 4.98 Å². The molecule has 112 valence electrons. The quantitative estimate of drug-likeness (QED) is 0.855. The molecule has 0 radical (unpaired) electrons. The van der Waals surface area contributed by atoms with Crippen molar-refractivity contribution in [2.24, 2.45) is 0 Å². The molecule has 0 saturated heterocycles. The first-order chi connectivity index (χ1) is 10.0. The van der Waals surface area contributed by atoms with E-state index in [1.54, 1.807) is 0 Å². The zero-order chi connectivity index (χ0) is 15.2. The smallest absolute Gasteiger partial charge is 0.126 e. The first kappa shape index (κ1) is 15.3. The van der Waals surface area contributed by atoms with E-state index in [4.69, 9.17) is 4.74 Å². The van der Waals surface area contributed by atoms with Crippen molar-refractivity contribution in [3.05, 3.63) is 53.7 Å². The summed E-state index contributed by atoms with van der Waals surface area (Å²) in [5.74, 6) is 1.59. The number of aliphatic hydroxyl groups excluding tert-OH is 1. The highest BCUT2D eigenvalue weighted by atomic mass is 16.5. The number of hydrogen-bond acceptors (Lipinski definition) is 4. The van der Waals surface area contributed by atoms with Gasteiger partial charge in [0.25, 0.3) is 0 Å². The Bertz CT molecular complexity index is 567. The molecule has 2 aromatic rings. The van der Waals surface area contributed by atoms with Crippen molar-refractivity contribution in [2.45, 2.75) is 33.0 Å². The van der Waals surface area contributed by atoms with E-state index < -0.39 is 6.10 Å². The number of nitrogens with zero attached hydrogens (tertiary/aromatic N) is 1. The number of benzene rings is 1. The van der Waals surface area contributed by atoms with Gasteiger partial charge < -0.3 is 15.2 Å². The third-order valence-corrected chi connectivity index (χ3v) is 3.00. The van der Waals surface area contributed by atoms with Crippen LogP contribution in [-0.2, 0) is 0 Å². The number of nitrogens with one attached hydrogen (secondary N) is 1. The van der Waals surface area contributed by atoms with Gasteiger partial charge in [-0.05, 0) is 50.6 Å². The van der Waals surface area contributed by atoms with Gasteiger partial charge in [-0.2, -0.15) is 0 Å². The summed E-state index contributed by atoms with van der Waals surface area (Å²) in [6, 6.07) is 13.3. The van der Waals surface area contributed by atoms with Crippen LogP contribution < -0.4 is 10.1 Å². The maximum atomic E-state index is 10.2. The Morgan fingerprint density at radius 1 is 1.14 bits per heavy atom. The number of aromatic nitrogens is 1. The Labute approximate surface area is 125 Å². The van der Waals surface area contributed by atoms with Gasteiger partial charge in [-0.15, -0.1) is 0 Å². The Balaban J connectivity index is 1.92. The highest BCUT2D eigenvalue weighted by Gasteiger charge is 2.08. The molecule has 0 saturated carbocycles. The molecular formula is C17H22N2O2. The molecule has 0 aliphatic carbocycles. The van der Waals surface area contributed by atoms with Crippen LogP contribution in [0.3, 0.4) is 0 Å². The van der Waals surface area contributed by atoms with Crippen molar-refractivity contribution in [2.75, 3.05) is 11.9 Å². The average molecular weight is 286 g/mol. The van der Waals surface area contributed by atoms with E-state index in [9.17, 15) is 5.11 Å². The van der Waals surface area contributed by atoms with Crippen molar-refractivity contribution in [1.29, 1.82) is 0 Å². The molecule has 4 heteroatoms. The number of ether oxygens (including phenoxy) is 1. The van der Waals surface area contributed by atoms with Crippen LogP contribution in [0.1, 0.15) is 31.2 Å². The van der Waals surface area contributed by atoms with Gasteiger partial charge in [0.1, 0.15) is 11.6 Å². The van der Waals surface area contributed by atoms with Crippen LogP contribution in [0, 0.1) is 6.92 Å². The van der Waals surface area contributed by atoms with Crippen molar-refractivity contribution >= 4 is 5.82 Å². The van der Waals surface area contributed by atoms with E-state index in [0.29, 0.717) is 6.54 Å². The van der Waals surface area contributed by atoms with E-state index in [1.165, 1.54) is 0 Å². The Morgan fingerprint density at radius 2 is 1.86 bits per heavy atom. The molecule has 2 rings (SSSR count). The fourth-order valence-corrected chi connectivity index (χ4v) is 2.00. The number of aryl methyl sites for hydroxylation is 1. The predicted octanol–water partition coefficient (Wildman–Crippen LogP) is 3.32. The lowest BCUT2D eigenvalue weighted by Crippen LogP contribution is -2.13. The van der Waals surface area contributed by atoms with Crippen LogP contribution in [-0.4, -0.2) is 22.7 Å². The van der Waals surface area contributed by atoms with Crippen molar-refractivity contribution in [1.82, 2.24) is 4.98 Å². The van der Waals surface area contributed by atoms with Gasteiger partial charge in [-0.3, -0.25) is 0 Å². The largest absolute Gasteiger partial charge is 0.491 e. The highest BCUT2D eigenvalue weighted by Crippen LogP contribution is 2.19. The summed E-state index contributed by atoms with van der Waals surface area (Å²) in [5, 5.41) is 13.3. The number of pyridine rings is 1. The third kappa shape index (κ3) is 4.76. The van der Waals surface area contributed by atoms with Gasteiger partial charge in [0.05, 0.1) is 12.2 Å². The van der Waals surface area contributed by atoms with Gasteiger partial charge in [-0.1, -0.05) is 18.2 Å². The molecule has 1 aromatic heterocycles. The molecule has 0 spiro atoms. The molecular weight excluding hydrogens is 264 g/mol. The number of rotatable bonds is 6. The van der Waals surface area contributed by atoms with Gasteiger partial charge >= 0.3 is 0 Å². The minimum Gasteiger partial charge on any atom is -0.491 e. The van der Waals surface area contributed by atoms with Crippen molar-refractivity contribution in [3.63, 3.8) is 0 Å². The first-order valence-corrected chi connectivity index (χ1v) is 7.17. The van der Waals surface area contributed by atoms with Crippen LogP contribution in [0.2, 0.25) is 0 Å². The highest BCUT2D eigenvalue weighted by molar-refractivity contribution is 5.36. The molecule has 1 aromatic carbocycles. The molecule has 0 amide bonds. The Morgan fingerprint density at radius 3 is 2.48 bits per heavy atom. The second-order valence-electron chi connectivity index (χ2n) is 5.30. The first-order valence-electron chi connectivity index (χ1n) is 7.17. The maximum Gasteiger partial charge on any atom is 0.126 e. The van der Waals surface area contributed by atoms with Gasteiger partial charge in [0, 0.05) is 12.2 Å². The molecule has 4 nitrogen and oxygen atoms in total. The fourth-order valence-electron chi connectivity index (χ4n) is 2.00. The second-order valence-corrected chi connectivity index (χ2v) is 5.30. The van der Waals surface area contributed by atoms with E-state index in [0.717, 1.165) is 22.8 Å². The van der Waals surface area contributed by atoms with E-state index in [-0.39, 0.29) is 6.10 Å². The van der Waals surface area contributed by atoms with Crippen molar-refractivity contribution in [3.8, 4) is 5.75 Å². The summed E-state index contributed by atoms with van der Waals surface area (Å²) in [5.41, 5.74) is 1.80. The summed E-state index contributed by atoms with van der Waals surface area (Å²) < 4.78 is 5.58. The molecule has 0 bridgehead atoms. The van der Waals surface area contributed by atoms with E-state index >= 15 is 0 Å². The molecule has 0 aliphatic heterocycles. The Hall–Kier alpha value is -2.07. The van der Waals surface area contributed by atoms with Crippen LogP contribution in [0.4, 0.5) is 5.82 Å². The number of hydrogen-bond donors (Lipinski definition) is 2. The molecule has 0 aliphatic rings. The van der Waals surface area contributed by atoms with Crippen LogP contribution in [0.5, 0.6) is 5.75 Å². The van der Waals surface area contributed by atoms with Gasteiger partial charge in [0.2, 0.25) is 0 Å². The molecule has 0 fully saturated rings. The van der Waals surface area contributed by atoms with E-state index in [1.807, 2.05) is 63.2 Å². The lowest BCUT2D eigenvalue weighted by atomic mass is 10.1. The lowest BCUT2D eigenvalue weighted by Gasteiger charge is -2.14. The zero-order valence-electron chi connectivity index (χ0n) is 12.7.